The number of halogens is 2. The maximum atomic E-state index is 3.64. The van der Waals surface area contributed by atoms with Crippen LogP contribution in [0.2, 0.25) is 0 Å². The van der Waals surface area contributed by atoms with Crippen LogP contribution < -0.4 is 5.32 Å². The molecule has 1 N–H and O–H groups in total. The molecular weight excluding hydrogens is 356 g/mol. The molecule has 18 heavy (non-hydrogen) atoms. The number of hydrogen-bond acceptors (Lipinski definition) is 2. The Labute approximate surface area is 126 Å². The van der Waals surface area contributed by atoms with Crippen molar-refractivity contribution in [3.05, 3.63) is 27.1 Å². The molecule has 0 unspecified atom stereocenters. The van der Waals surface area contributed by atoms with E-state index in [1.54, 1.807) is 0 Å². The number of rotatable bonds is 4. The minimum atomic E-state index is 0.607. The molecule has 1 aliphatic heterocycles. The van der Waals surface area contributed by atoms with Crippen LogP contribution in [-0.2, 0) is 0 Å². The first-order valence-electron chi connectivity index (χ1n) is 6.63. The Kier molecular flexibility index (Phi) is 5.52. The van der Waals surface area contributed by atoms with E-state index >= 15 is 0 Å². The van der Waals surface area contributed by atoms with Gasteiger partial charge in [-0.1, -0.05) is 22.9 Å². The molecule has 0 aromatic heterocycles. The standard InChI is InChI=1S/C14H20Br2N2/c1-2-7-18-8-5-12(6-9-18)17-14-4-3-11(15)10-13(14)16/h3-4,10,12,17H,2,5-9H2,1H3. The fraction of sp³-hybridized carbons (Fsp3) is 0.571. The number of anilines is 1. The molecule has 0 saturated carbocycles. The smallest absolute Gasteiger partial charge is 0.0487 e. The van der Waals surface area contributed by atoms with Gasteiger partial charge in [-0.3, -0.25) is 0 Å². The molecule has 1 heterocycles. The molecule has 0 spiro atoms. The minimum absolute atomic E-state index is 0.607. The summed E-state index contributed by atoms with van der Waals surface area (Å²) in [7, 11) is 0. The fourth-order valence-corrected chi connectivity index (χ4v) is 3.61. The lowest BCUT2D eigenvalue weighted by Crippen LogP contribution is -2.39. The predicted molar refractivity (Wildman–Crippen MR) is 85.2 cm³/mol. The second kappa shape index (κ2) is 6.92. The monoisotopic (exact) mass is 374 g/mol. The first-order valence-corrected chi connectivity index (χ1v) is 8.21. The molecule has 0 radical (unpaired) electrons. The normalized spacial score (nSPS) is 17.9. The number of nitrogens with zero attached hydrogens (tertiary/aromatic N) is 1. The van der Waals surface area contributed by atoms with Gasteiger partial charge in [0, 0.05) is 33.8 Å². The highest BCUT2D eigenvalue weighted by atomic mass is 79.9. The summed E-state index contributed by atoms with van der Waals surface area (Å²) in [6, 6.07) is 6.91. The van der Waals surface area contributed by atoms with Crippen LogP contribution in [0.4, 0.5) is 5.69 Å². The molecule has 100 valence electrons. The van der Waals surface area contributed by atoms with Crippen LogP contribution in [0.3, 0.4) is 0 Å². The van der Waals surface area contributed by atoms with Gasteiger partial charge in [-0.15, -0.1) is 0 Å². The van der Waals surface area contributed by atoms with Gasteiger partial charge in [0.25, 0.3) is 0 Å². The Bertz CT molecular complexity index is 387. The van der Waals surface area contributed by atoms with Crippen LogP contribution in [0.5, 0.6) is 0 Å². The van der Waals surface area contributed by atoms with E-state index in [4.69, 9.17) is 0 Å². The number of nitrogens with one attached hydrogen (secondary N) is 1. The van der Waals surface area contributed by atoms with Crippen LogP contribution >= 0.6 is 31.9 Å². The summed E-state index contributed by atoms with van der Waals surface area (Å²) in [5.41, 5.74) is 1.20. The van der Waals surface area contributed by atoms with Crippen molar-refractivity contribution < 1.29 is 0 Å². The van der Waals surface area contributed by atoms with E-state index in [0.717, 1.165) is 8.95 Å². The lowest BCUT2D eigenvalue weighted by atomic mass is 10.0. The van der Waals surface area contributed by atoms with Crippen molar-refractivity contribution >= 4 is 37.5 Å². The predicted octanol–water partition coefficient (Wildman–Crippen LogP) is 4.50. The highest BCUT2D eigenvalue weighted by Gasteiger charge is 2.18. The van der Waals surface area contributed by atoms with Crippen molar-refractivity contribution in [3.8, 4) is 0 Å². The van der Waals surface area contributed by atoms with Crippen LogP contribution in [0.1, 0.15) is 26.2 Å². The molecule has 1 aromatic carbocycles. The summed E-state index contributed by atoms with van der Waals surface area (Å²) >= 11 is 7.09. The number of likely N-dealkylation sites (tertiary alicyclic amines) is 1. The molecule has 1 fully saturated rings. The van der Waals surface area contributed by atoms with Gasteiger partial charge >= 0.3 is 0 Å². The van der Waals surface area contributed by atoms with Gasteiger partial charge in [-0.2, -0.15) is 0 Å². The highest BCUT2D eigenvalue weighted by Crippen LogP contribution is 2.28. The molecule has 0 bridgehead atoms. The zero-order valence-corrected chi connectivity index (χ0v) is 13.9. The summed E-state index contributed by atoms with van der Waals surface area (Å²) in [5, 5.41) is 3.64. The maximum absolute atomic E-state index is 3.64. The van der Waals surface area contributed by atoms with Gasteiger partial charge in [0.15, 0.2) is 0 Å². The van der Waals surface area contributed by atoms with Gasteiger partial charge in [-0.05, 0) is 59.9 Å². The number of hydrogen-bond donors (Lipinski definition) is 1. The second-order valence-electron chi connectivity index (χ2n) is 4.88. The molecule has 4 heteroatoms. The minimum Gasteiger partial charge on any atom is -0.381 e. The Balaban J connectivity index is 1.87. The molecule has 1 saturated heterocycles. The third kappa shape index (κ3) is 3.97. The van der Waals surface area contributed by atoms with Crippen LogP contribution in [0.25, 0.3) is 0 Å². The first-order chi connectivity index (χ1) is 8.69. The Morgan fingerprint density at radius 2 is 2.00 bits per heavy atom. The van der Waals surface area contributed by atoms with Gasteiger partial charge in [0.1, 0.15) is 0 Å². The van der Waals surface area contributed by atoms with E-state index in [1.165, 1.54) is 44.6 Å². The maximum Gasteiger partial charge on any atom is 0.0487 e. The summed E-state index contributed by atoms with van der Waals surface area (Å²) < 4.78 is 2.24. The van der Waals surface area contributed by atoms with Crippen LogP contribution in [0, 0.1) is 0 Å². The highest BCUT2D eigenvalue weighted by molar-refractivity contribution is 9.11. The van der Waals surface area contributed by atoms with Crippen LogP contribution in [-0.4, -0.2) is 30.6 Å². The summed E-state index contributed by atoms with van der Waals surface area (Å²) in [4.78, 5) is 2.56. The Morgan fingerprint density at radius 3 is 2.61 bits per heavy atom. The molecule has 2 rings (SSSR count). The molecule has 0 atom stereocenters. The van der Waals surface area contributed by atoms with E-state index in [-0.39, 0.29) is 0 Å². The molecule has 2 nitrogen and oxygen atoms in total. The van der Waals surface area contributed by atoms with Gasteiger partial charge in [0.2, 0.25) is 0 Å². The van der Waals surface area contributed by atoms with Gasteiger partial charge in [0.05, 0.1) is 0 Å². The lowest BCUT2D eigenvalue weighted by molar-refractivity contribution is 0.219. The van der Waals surface area contributed by atoms with Crippen molar-refractivity contribution in [2.24, 2.45) is 0 Å². The van der Waals surface area contributed by atoms with Gasteiger partial charge < -0.3 is 10.2 Å². The van der Waals surface area contributed by atoms with Gasteiger partial charge in [-0.25, -0.2) is 0 Å². The number of piperidine rings is 1. The largest absolute Gasteiger partial charge is 0.381 e. The molecule has 1 aliphatic rings. The van der Waals surface area contributed by atoms with Crippen molar-refractivity contribution in [3.63, 3.8) is 0 Å². The third-order valence-electron chi connectivity index (χ3n) is 3.42. The average molecular weight is 376 g/mol. The second-order valence-corrected chi connectivity index (χ2v) is 6.65. The summed E-state index contributed by atoms with van der Waals surface area (Å²) in [5.74, 6) is 0. The van der Waals surface area contributed by atoms with E-state index in [9.17, 15) is 0 Å². The van der Waals surface area contributed by atoms with Crippen molar-refractivity contribution in [2.45, 2.75) is 32.2 Å². The lowest BCUT2D eigenvalue weighted by Gasteiger charge is -2.32. The van der Waals surface area contributed by atoms with E-state index in [2.05, 4.69) is 67.2 Å². The van der Waals surface area contributed by atoms with Crippen molar-refractivity contribution in [2.75, 3.05) is 25.0 Å². The summed E-state index contributed by atoms with van der Waals surface area (Å²) in [6.07, 6.45) is 3.74. The third-order valence-corrected chi connectivity index (χ3v) is 4.57. The molecule has 0 amide bonds. The quantitative estimate of drug-likeness (QED) is 0.833. The fourth-order valence-electron chi connectivity index (χ4n) is 2.44. The molecule has 0 aliphatic carbocycles. The zero-order valence-electron chi connectivity index (χ0n) is 10.8. The topological polar surface area (TPSA) is 15.3 Å². The average Bonchev–Trinajstić information content (AvgIpc) is 2.35. The summed E-state index contributed by atoms with van der Waals surface area (Å²) in [6.45, 7) is 5.94. The van der Waals surface area contributed by atoms with E-state index in [0.29, 0.717) is 6.04 Å². The zero-order chi connectivity index (χ0) is 13.0. The van der Waals surface area contributed by atoms with E-state index in [1.807, 2.05) is 0 Å². The Morgan fingerprint density at radius 1 is 1.28 bits per heavy atom. The van der Waals surface area contributed by atoms with E-state index < -0.39 is 0 Å². The van der Waals surface area contributed by atoms with Crippen molar-refractivity contribution in [1.82, 2.24) is 4.90 Å². The Hall–Kier alpha value is -0.0600. The molecular formula is C14H20Br2N2. The SMILES string of the molecule is CCCN1CCC(Nc2ccc(Br)cc2Br)CC1. The first kappa shape index (κ1) is 14.4. The number of benzene rings is 1. The molecule has 1 aromatic rings. The van der Waals surface area contributed by atoms with Crippen LogP contribution in [0.15, 0.2) is 27.1 Å². The van der Waals surface area contributed by atoms with Crippen molar-refractivity contribution in [1.29, 1.82) is 0 Å².